The molecular formula is C35H54N4O5. The predicted octanol–water partition coefficient (Wildman–Crippen LogP) is 4.77. The number of hydrogen-bond acceptors (Lipinski definition) is 8. The zero-order valence-corrected chi connectivity index (χ0v) is 27.7. The smallest absolute Gasteiger partial charge is 0.225 e. The van der Waals surface area contributed by atoms with Crippen LogP contribution in [-0.2, 0) is 36.7 Å². The van der Waals surface area contributed by atoms with Crippen LogP contribution in [0.1, 0.15) is 61.3 Å². The molecule has 2 fully saturated rings. The van der Waals surface area contributed by atoms with Gasteiger partial charge in [-0.1, -0.05) is 37.6 Å². The van der Waals surface area contributed by atoms with Crippen LogP contribution in [0.3, 0.4) is 0 Å². The number of ether oxygens (including phenoxy) is 4. The molecule has 2 aliphatic heterocycles. The summed E-state index contributed by atoms with van der Waals surface area (Å²) in [5.74, 6) is 1.15. The number of aromatic nitrogens is 1. The van der Waals surface area contributed by atoms with Crippen molar-refractivity contribution in [1.29, 1.82) is 0 Å². The van der Waals surface area contributed by atoms with Crippen LogP contribution in [-0.4, -0.2) is 106 Å². The van der Waals surface area contributed by atoms with Crippen molar-refractivity contribution in [2.75, 3.05) is 78.2 Å². The van der Waals surface area contributed by atoms with E-state index in [-0.39, 0.29) is 11.5 Å². The largest absolute Gasteiger partial charge is 0.381 e. The van der Waals surface area contributed by atoms with Gasteiger partial charge in [-0.2, -0.15) is 0 Å². The molecule has 0 N–H and O–H groups in total. The number of aryl methyl sites for hydroxylation is 2. The van der Waals surface area contributed by atoms with E-state index in [1.54, 1.807) is 14.2 Å². The number of pyridine rings is 1. The molecule has 2 saturated heterocycles. The van der Waals surface area contributed by atoms with E-state index in [4.69, 9.17) is 23.9 Å². The van der Waals surface area contributed by atoms with Crippen LogP contribution in [0.2, 0.25) is 0 Å². The summed E-state index contributed by atoms with van der Waals surface area (Å²) in [6.45, 7) is 14.1. The van der Waals surface area contributed by atoms with E-state index in [2.05, 4.69) is 60.9 Å². The molecule has 0 unspecified atom stereocenters. The number of morpholine rings is 1. The van der Waals surface area contributed by atoms with Crippen LogP contribution in [0.15, 0.2) is 36.5 Å². The van der Waals surface area contributed by atoms with Crippen molar-refractivity contribution < 1.29 is 23.7 Å². The van der Waals surface area contributed by atoms with E-state index in [0.717, 1.165) is 77.3 Å². The Morgan fingerprint density at radius 3 is 2.57 bits per heavy atom. The monoisotopic (exact) mass is 610 g/mol. The van der Waals surface area contributed by atoms with Gasteiger partial charge in [0, 0.05) is 59.7 Å². The van der Waals surface area contributed by atoms with Gasteiger partial charge in [0.2, 0.25) is 5.91 Å². The van der Waals surface area contributed by atoms with E-state index >= 15 is 0 Å². The van der Waals surface area contributed by atoms with Gasteiger partial charge in [0.25, 0.3) is 0 Å². The second-order valence-corrected chi connectivity index (χ2v) is 12.4. The fourth-order valence-corrected chi connectivity index (χ4v) is 6.09. The third kappa shape index (κ3) is 9.97. The van der Waals surface area contributed by atoms with E-state index in [1.165, 1.54) is 22.3 Å². The Bertz CT molecular complexity index is 1170. The normalized spacial score (nSPS) is 17.0. The van der Waals surface area contributed by atoms with Gasteiger partial charge in [0.15, 0.2) is 6.29 Å². The fraction of sp³-hybridized carbons (Fsp3) is 0.657. The van der Waals surface area contributed by atoms with Crippen molar-refractivity contribution in [3.63, 3.8) is 0 Å². The summed E-state index contributed by atoms with van der Waals surface area (Å²) in [6, 6.07) is 11.0. The Hall–Kier alpha value is -2.56. The summed E-state index contributed by atoms with van der Waals surface area (Å²) in [5, 5.41) is 0. The summed E-state index contributed by atoms with van der Waals surface area (Å²) in [6.07, 6.45) is 6.83. The van der Waals surface area contributed by atoms with Crippen LogP contribution in [0.25, 0.3) is 0 Å². The van der Waals surface area contributed by atoms with Crippen molar-refractivity contribution in [1.82, 2.24) is 14.8 Å². The second-order valence-electron chi connectivity index (χ2n) is 12.4. The highest BCUT2D eigenvalue weighted by Crippen LogP contribution is 2.32. The van der Waals surface area contributed by atoms with Gasteiger partial charge >= 0.3 is 0 Å². The van der Waals surface area contributed by atoms with Crippen molar-refractivity contribution in [3.8, 4) is 0 Å². The first-order valence-corrected chi connectivity index (χ1v) is 16.4. The number of unbranched alkanes of at least 4 members (excludes halogenated alkanes) is 1. The number of methoxy groups -OCH3 is 2. The molecule has 4 rings (SSSR count). The third-order valence-corrected chi connectivity index (χ3v) is 9.12. The molecule has 1 aromatic heterocycles. The standard InChI is InChI=1S/C35H54N4O5/c1-6-7-15-38(26-34(41-4)42-5)33(40)12-20-43-19-11-30-9-8-10-31(23-30)25-37-16-13-35(14-17-37)27-39(18-21-44-35)32-22-28(2)29(3)24-36-32/h8-10,22-24,34H,6-7,11-21,25-27H2,1-5H3. The maximum Gasteiger partial charge on any atom is 0.225 e. The van der Waals surface area contributed by atoms with E-state index in [0.29, 0.717) is 32.7 Å². The lowest BCUT2D eigenvalue weighted by molar-refractivity contribution is -0.146. The Morgan fingerprint density at radius 1 is 1.07 bits per heavy atom. The second kappa shape index (κ2) is 17.2. The van der Waals surface area contributed by atoms with Gasteiger partial charge in [-0.25, -0.2) is 4.98 Å². The molecule has 1 aromatic carbocycles. The molecule has 0 radical (unpaired) electrons. The molecule has 1 spiro atoms. The van der Waals surface area contributed by atoms with Crippen LogP contribution >= 0.6 is 0 Å². The molecule has 1 amide bonds. The van der Waals surface area contributed by atoms with E-state index in [1.807, 2.05) is 11.1 Å². The number of nitrogens with zero attached hydrogens (tertiary/aromatic N) is 4. The number of carbonyl (C=O) groups is 1. The maximum absolute atomic E-state index is 12.8. The van der Waals surface area contributed by atoms with E-state index < -0.39 is 6.29 Å². The highest BCUT2D eigenvalue weighted by Gasteiger charge is 2.40. The SMILES string of the molecule is CCCCN(CC(OC)OC)C(=O)CCOCCc1cccc(CN2CCC3(CC2)CN(c2cc(C)c(C)cn2)CCO3)c1. The fourth-order valence-electron chi connectivity index (χ4n) is 6.09. The van der Waals surface area contributed by atoms with Crippen molar-refractivity contribution in [2.24, 2.45) is 0 Å². The highest BCUT2D eigenvalue weighted by molar-refractivity contribution is 5.76. The van der Waals surface area contributed by atoms with Crippen molar-refractivity contribution >= 4 is 11.7 Å². The first-order valence-electron chi connectivity index (χ1n) is 16.4. The van der Waals surface area contributed by atoms with Gasteiger partial charge in [-0.05, 0) is 67.9 Å². The number of hydrogen-bond donors (Lipinski definition) is 0. The maximum atomic E-state index is 12.8. The number of carbonyl (C=O) groups excluding carboxylic acids is 1. The lowest BCUT2D eigenvalue weighted by Gasteiger charge is -2.47. The topological polar surface area (TPSA) is 76.6 Å². The summed E-state index contributed by atoms with van der Waals surface area (Å²) in [7, 11) is 3.20. The van der Waals surface area contributed by atoms with Gasteiger partial charge in [-0.15, -0.1) is 0 Å². The molecule has 0 aliphatic carbocycles. The number of likely N-dealkylation sites (tertiary alicyclic amines) is 1. The van der Waals surface area contributed by atoms with Crippen LogP contribution in [0.5, 0.6) is 0 Å². The van der Waals surface area contributed by atoms with Gasteiger partial charge in [0.05, 0.1) is 38.4 Å². The Morgan fingerprint density at radius 2 is 1.84 bits per heavy atom. The van der Waals surface area contributed by atoms with Crippen molar-refractivity contribution in [3.05, 3.63) is 58.8 Å². The predicted molar refractivity (Wildman–Crippen MR) is 174 cm³/mol. The molecule has 0 bridgehead atoms. The molecule has 2 aliphatic rings. The number of piperidine rings is 1. The number of benzene rings is 1. The van der Waals surface area contributed by atoms with Crippen LogP contribution < -0.4 is 4.90 Å². The first-order chi connectivity index (χ1) is 21.3. The van der Waals surface area contributed by atoms with E-state index in [9.17, 15) is 4.79 Å². The minimum Gasteiger partial charge on any atom is -0.381 e. The first kappa shape index (κ1) is 34.3. The minimum absolute atomic E-state index is 0.0797. The molecule has 9 nitrogen and oxygen atoms in total. The Balaban J connectivity index is 1.18. The third-order valence-electron chi connectivity index (χ3n) is 9.12. The van der Waals surface area contributed by atoms with Crippen LogP contribution in [0.4, 0.5) is 5.82 Å². The van der Waals surface area contributed by atoms with Gasteiger partial charge in [0.1, 0.15) is 5.82 Å². The molecule has 9 heteroatoms. The number of anilines is 1. The van der Waals surface area contributed by atoms with Gasteiger partial charge in [-0.3, -0.25) is 9.69 Å². The molecule has 0 saturated carbocycles. The molecule has 44 heavy (non-hydrogen) atoms. The Kier molecular flexibility index (Phi) is 13.4. The summed E-state index contributed by atoms with van der Waals surface area (Å²) >= 11 is 0. The molecule has 3 heterocycles. The number of amides is 1. The van der Waals surface area contributed by atoms with Crippen molar-refractivity contribution in [2.45, 2.75) is 77.7 Å². The molecular weight excluding hydrogens is 556 g/mol. The lowest BCUT2D eigenvalue weighted by atomic mass is 9.89. The zero-order chi connectivity index (χ0) is 31.4. The average molecular weight is 611 g/mol. The lowest BCUT2D eigenvalue weighted by Crippen LogP contribution is -2.57. The molecule has 0 atom stereocenters. The minimum atomic E-state index is -0.410. The summed E-state index contributed by atoms with van der Waals surface area (Å²) in [4.78, 5) is 24.3. The highest BCUT2D eigenvalue weighted by atomic mass is 16.7. The quantitative estimate of drug-likeness (QED) is 0.199. The molecule has 2 aromatic rings. The van der Waals surface area contributed by atoms with Gasteiger partial charge < -0.3 is 28.7 Å². The number of rotatable bonds is 16. The average Bonchev–Trinajstić information content (AvgIpc) is 3.04. The molecule has 244 valence electrons. The Labute approximate surface area is 264 Å². The summed E-state index contributed by atoms with van der Waals surface area (Å²) in [5.41, 5.74) is 5.03. The summed E-state index contributed by atoms with van der Waals surface area (Å²) < 4.78 is 22.9. The van der Waals surface area contributed by atoms with Crippen LogP contribution in [0, 0.1) is 13.8 Å². The zero-order valence-electron chi connectivity index (χ0n) is 27.7.